The normalized spacial score (nSPS) is 21.6. The summed E-state index contributed by atoms with van der Waals surface area (Å²) in [6, 6.07) is 7.47. The Morgan fingerprint density at radius 1 is 1.14 bits per heavy atom. The Balaban J connectivity index is 1.14. The number of halogens is 4. The molecular formula is C25H22ClF3N4O4. The smallest absolute Gasteiger partial charge is 0.479 e. The number of hydrogen-bond donors (Lipinski definition) is 1. The number of hydrogen-bond acceptors (Lipinski definition) is 6. The zero-order valence-corrected chi connectivity index (χ0v) is 20.1. The SMILES string of the molecule is O=C1C[C@H](C(=O)N[C@H]2CC[C@H](n3cc(-c4ccc(OC(F)(F)F)cn4)cn3)CC2)Oc2ccc(Cl)cc21. The van der Waals surface area contributed by atoms with Gasteiger partial charge in [0.2, 0.25) is 0 Å². The van der Waals surface area contributed by atoms with Gasteiger partial charge in [0.1, 0.15) is 11.5 Å². The van der Waals surface area contributed by atoms with E-state index >= 15 is 0 Å². The number of ether oxygens (including phenoxy) is 2. The fourth-order valence-corrected chi connectivity index (χ4v) is 4.81. The molecule has 5 rings (SSSR count). The van der Waals surface area contributed by atoms with Gasteiger partial charge < -0.3 is 14.8 Å². The third kappa shape index (κ3) is 5.87. The number of nitrogens with one attached hydrogen (secondary N) is 1. The number of amides is 1. The number of nitrogens with zero attached hydrogens (tertiary/aromatic N) is 3. The number of Topliss-reactive ketones (excluding diaryl/α,β-unsaturated/α-hetero) is 1. The number of carbonyl (C=O) groups is 2. The first-order valence-electron chi connectivity index (χ1n) is 11.7. The molecule has 1 atom stereocenters. The van der Waals surface area contributed by atoms with Crippen molar-refractivity contribution in [3.63, 3.8) is 0 Å². The number of benzene rings is 1. The molecule has 3 aromatic rings. The van der Waals surface area contributed by atoms with Crippen LogP contribution in [0.25, 0.3) is 11.3 Å². The number of fused-ring (bicyclic) bond motifs is 1. The predicted molar refractivity (Wildman–Crippen MR) is 126 cm³/mol. The van der Waals surface area contributed by atoms with Gasteiger partial charge in [-0.3, -0.25) is 19.3 Å². The van der Waals surface area contributed by atoms with Gasteiger partial charge in [-0.25, -0.2) is 0 Å². The second-order valence-electron chi connectivity index (χ2n) is 9.02. The number of pyridine rings is 1. The molecule has 0 spiro atoms. The molecule has 1 amide bonds. The molecule has 1 aromatic carbocycles. The van der Waals surface area contributed by atoms with Crippen LogP contribution in [0.15, 0.2) is 48.9 Å². The van der Waals surface area contributed by atoms with Crippen molar-refractivity contribution in [1.82, 2.24) is 20.1 Å². The highest BCUT2D eigenvalue weighted by Gasteiger charge is 2.34. The van der Waals surface area contributed by atoms with Gasteiger partial charge in [0.25, 0.3) is 5.91 Å². The third-order valence-corrected chi connectivity index (χ3v) is 6.69. The fourth-order valence-electron chi connectivity index (χ4n) is 4.64. The van der Waals surface area contributed by atoms with Crippen molar-refractivity contribution in [2.24, 2.45) is 0 Å². The van der Waals surface area contributed by atoms with E-state index in [4.69, 9.17) is 16.3 Å². The minimum Gasteiger partial charge on any atom is -0.479 e. The molecule has 0 saturated heterocycles. The van der Waals surface area contributed by atoms with Crippen LogP contribution in [-0.4, -0.2) is 45.0 Å². The van der Waals surface area contributed by atoms with Crippen molar-refractivity contribution in [2.75, 3.05) is 0 Å². The monoisotopic (exact) mass is 534 g/mol. The van der Waals surface area contributed by atoms with Crippen LogP contribution in [0.2, 0.25) is 5.02 Å². The topological polar surface area (TPSA) is 95.3 Å². The maximum absolute atomic E-state index is 12.8. The molecule has 12 heteroatoms. The van der Waals surface area contributed by atoms with Crippen LogP contribution < -0.4 is 14.8 Å². The maximum atomic E-state index is 12.8. The highest BCUT2D eigenvalue weighted by Crippen LogP contribution is 2.32. The first-order chi connectivity index (χ1) is 17.6. The fraction of sp³-hybridized carbons (Fsp3) is 0.360. The third-order valence-electron chi connectivity index (χ3n) is 6.46. The zero-order valence-electron chi connectivity index (χ0n) is 19.4. The average Bonchev–Trinajstić information content (AvgIpc) is 3.34. The van der Waals surface area contributed by atoms with Gasteiger partial charge in [0.15, 0.2) is 11.9 Å². The molecular weight excluding hydrogens is 513 g/mol. The molecule has 194 valence electrons. The van der Waals surface area contributed by atoms with Crippen LogP contribution in [0.5, 0.6) is 11.5 Å². The van der Waals surface area contributed by atoms with Gasteiger partial charge >= 0.3 is 6.36 Å². The van der Waals surface area contributed by atoms with E-state index in [1.54, 1.807) is 30.6 Å². The Morgan fingerprint density at radius 2 is 1.92 bits per heavy atom. The van der Waals surface area contributed by atoms with Gasteiger partial charge in [-0.2, -0.15) is 5.10 Å². The Labute approximate surface area is 214 Å². The summed E-state index contributed by atoms with van der Waals surface area (Å²) in [5.41, 5.74) is 1.54. The van der Waals surface area contributed by atoms with E-state index in [2.05, 4.69) is 20.1 Å². The maximum Gasteiger partial charge on any atom is 0.573 e. The van der Waals surface area contributed by atoms with Crippen molar-refractivity contribution >= 4 is 23.3 Å². The molecule has 0 unspecified atom stereocenters. The van der Waals surface area contributed by atoms with Gasteiger partial charge in [-0.1, -0.05) is 11.6 Å². The molecule has 8 nitrogen and oxygen atoms in total. The lowest BCUT2D eigenvalue weighted by atomic mass is 9.91. The summed E-state index contributed by atoms with van der Waals surface area (Å²) in [6.07, 6.45) is 1.73. The second-order valence-corrected chi connectivity index (χ2v) is 9.46. The Bertz CT molecular complexity index is 1300. The van der Waals surface area contributed by atoms with Crippen LogP contribution in [0.4, 0.5) is 13.2 Å². The van der Waals surface area contributed by atoms with Gasteiger partial charge in [-0.15, -0.1) is 13.2 Å². The van der Waals surface area contributed by atoms with Crippen molar-refractivity contribution in [2.45, 2.75) is 56.7 Å². The van der Waals surface area contributed by atoms with E-state index in [1.165, 1.54) is 12.1 Å². The molecule has 1 aliphatic carbocycles. The zero-order chi connectivity index (χ0) is 26.2. The van der Waals surface area contributed by atoms with E-state index in [-0.39, 0.29) is 35.9 Å². The second kappa shape index (κ2) is 10.0. The van der Waals surface area contributed by atoms with Crippen molar-refractivity contribution < 1.29 is 32.2 Å². The minimum absolute atomic E-state index is 0.0398. The lowest BCUT2D eigenvalue weighted by Crippen LogP contribution is -2.47. The number of aromatic nitrogens is 3. The molecule has 37 heavy (non-hydrogen) atoms. The summed E-state index contributed by atoms with van der Waals surface area (Å²) >= 11 is 5.95. The first-order valence-corrected chi connectivity index (χ1v) is 12.1. The summed E-state index contributed by atoms with van der Waals surface area (Å²) in [6.45, 7) is 0. The summed E-state index contributed by atoms with van der Waals surface area (Å²) in [7, 11) is 0. The molecule has 0 radical (unpaired) electrons. The van der Waals surface area contributed by atoms with Crippen LogP contribution in [-0.2, 0) is 4.79 Å². The van der Waals surface area contributed by atoms with Gasteiger partial charge in [-0.05, 0) is 56.0 Å². The van der Waals surface area contributed by atoms with Gasteiger partial charge in [0, 0.05) is 22.8 Å². The Hall–Kier alpha value is -3.60. The summed E-state index contributed by atoms with van der Waals surface area (Å²) < 4.78 is 48.4. The van der Waals surface area contributed by atoms with Gasteiger partial charge in [0.05, 0.1) is 36.1 Å². The predicted octanol–water partition coefficient (Wildman–Crippen LogP) is 5.13. The first kappa shape index (κ1) is 25.1. The van der Waals surface area contributed by atoms with Crippen LogP contribution in [0.3, 0.4) is 0 Å². The average molecular weight is 535 g/mol. The lowest BCUT2D eigenvalue weighted by Gasteiger charge is -2.31. The molecule has 1 fully saturated rings. The summed E-state index contributed by atoms with van der Waals surface area (Å²) in [5, 5.41) is 7.84. The van der Waals surface area contributed by atoms with E-state index in [9.17, 15) is 22.8 Å². The Kier molecular flexibility index (Phi) is 6.80. The summed E-state index contributed by atoms with van der Waals surface area (Å²) in [5.74, 6) is -0.529. The number of alkyl halides is 3. The number of carbonyl (C=O) groups excluding carboxylic acids is 2. The number of ketones is 1. The van der Waals surface area contributed by atoms with Crippen LogP contribution in [0.1, 0.15) is 48.5 Å². The van der Waals surface area contributed by atoms with Crippen molar-refractivity contribution in [3.05, 3.63) is 59.5 Å². The standard InChI is InChI=1S/C25H22ClF3N4O4/c26-15-1-8-22-19(9-15)21(34)10-23(36-22)24(35)32-16-2-4-17(5-3-16)33-13-14(11-31-33)20-7-6-18(12-30-20)37-25(27,28)29/h1,6-9,11-13,16-17,23H,2-5,10H2,(H,32,35)/t16-,17-,23-/m1/s1. The molecule has 2 aromatic heterocycles. The molecule has 1 N–H and O–H groups in total. The summed E-state index contributed by atoms with van der Waals surface area (Å²) in [4.78, 5) is 29.3. The van der Waals surface area contributed by atoms with Crippen LogP contribution >= 0.6 is 11.6 Å². The van der Waals surface area contributed by atoms with Crippen molar-refractivity contribution in [1.29, 1.82) is 0 Å². The van der Waals surface area contributed by atoms with E-state index in [1.807, 2.05) is 4.68 Å². The largest absolute Gasteiger partial charge is 0.573 e. The molecule has 0 bridgehead atoms. The van der Waals surface area contributed by atoms with E-state index in [0.29, 0.717) is 27.6 Å². The Morgan fingerprint density at radius 3 is 2.62 bits per heavy atom. The highest BCUT2D eigenvalue weighted by molar-refractivity contribution is 6.31. The number of rotatable bonds is 5. The molecule has 2 aliphatic rings. The van der Waals surface area contributed by atoms with Crippen LogP contribution in [0, 0.1) is 0 Å². The van der Waals surface area contributed by atoms with E-state index < -0.39 is 12.5 Å². The lowest BCUT2D eigenvalue weighted by molar-refractivity contribution is -0.274. The molecule has 1 saturated carbocycles. The van der Waals surface area contributed by atoms with E-state index in [0.717, 1.165) is 31.9 Å². The molecule has 1 aliphatic heterocycles. The molecule has 3 heterocycles. The van der Waals surface area contributed by atoms with Crippen molar-refractivity contribution in [3.8, 4) is 22.8 Å². The minimum atomic E-state index is -4.77. The quantitative estimate of drug-likeness (QED) is 0.487. The highest BCUT2D eigenvalue weighted by atomic mass is 35.5.